The van der Waals surface area contributed by atoms with Crippen molar-refractivity contribution in [1.82, 2.24) is 9.55 Å². The van der Waals surface area contributed by atoms with Crippen molar-refractivity contribution in [3.05, 3.63) is 140 Å². The highest BCUT2D eigenvalue weighted by Gasteiger charge is 2.17. The molecule has 3 heterocycles. The minimum absolute atomic E-state index is 0.966. The Balaban J connectivity index is 1.46. The highest BCUT2D eigenvalue weighted by molar-refractivity contribution is 6.07. The zero-order chi connectivity index (χ0) is 25.5. The van der Waals surface area contributed by atoms with Crippen molar-refractivity contribution in [3.8, 4) is 39.2 Å². The Morgan fingerprint density at radius 3 is 2.03 bits per heavy atom. The molecule has 0 fully saturated rings. The number of hydrogen-bond donors (Lipinski definition) is 0. The molecular weight excluding hydrogens is 462 g/mol. The topological polar surface area (TPSA) is 21.7 Å². The van der Waals surface area contributed by atoms with Crippen molar-refractivity contribution in [2.75, 3.05) is 0 Å². The number of fused-ring (bicyclic) bond motifs is 3. The molecule has 0 spiro atoms. The molecule has 0 bridgehead atoms. The first-order chi connectivity index (χ1) is 18.8. The third-order valence-electron chi connectivity index (χ3n) is 7.29. The van der Waals surface area contributed by atoms with Gasteiger partial charge in [0.1, 0.15) is 12.7 Å². The number of hydrogen-bond acceptors (Lipinski definition) is 1. The van der Waals surface area contributed by atoms with Crippen LogP contribution in [0, 0.1) is 0 Å². The number of benzene rings is 4. The first-order valence-corrected chi connectivity index (χ1v) is 12.9. The van der Waals surface area contributed by atoms with E-state index in [9.17, 15) is 0 Å². The van der Waals surface area contributed by atoms with Gasteiger partial charge in [-0.15, -0.1) is 0 Å². The van der Waals surface area contributed by atoms with E-state index >= 15 is 0 Å². The maximum atomic E-state index is 4.82. The summed E-state index contributed by atoms with van der Waals surface area (Å²) in [6.45, 7) is 0. The highest BCUT2D eigenvalue weighted by Crippen LogP contribution is 2.35. The van der Waals surface area contributed by atoms with Crippen molar-refractivity contribution in [1.29, 1.82) is 0 Å². The molecule has 7 aromatic rings. The average Bonchev–Trinajstić information content (AvgIpc) is 3.32. The average molecular weight is 489 g/mol. The van der Waals surface area contributed by atoms with E-state index in [4.69, 9.17) is 4.98 Å². The van der Waals surface area contributed by atoms with E-state index in [1.165, 1.54) is 27.6 Å². The largest absolute Gasteiger partial charge is 0.294 e. The third-order valence-corrected chi connectivity index (χ3v) is 7.29. The van der Waals surface area contributed by atoms with E-state index in [0.29, 0.717) is 0 Å². The summed E-state index contributed by atoms with van der Waals surface area (Å²) >= 11 is 0. The fourth-order valence-electron chi connectivity index (χ4n) is 5.42. The van der Waals surface area contributed by atoms with Gasteiger partial charge in [0.15, 0.2) is 6.20 Å². The molecule has 4 aromatic carbocycles. The number of nitrogens with zero attached hydrogens (tertiary/aromatic N) is 3. The molecule has 0 saturated heterocycles. The second-order valence-corrected chi connectivity index (χ2v) is 9.64. The van der Waals surface area contributed by atoms with Crippen LogP contribution in [0.15, 0.2) is 140 Å². The zero-order valence-electron chi connectivity index (χ0n) is 21.1. The lowest BCUT2D eigenvalue weighted by molar-refractivity contribution is -0.660. The van der Waals surface area contributed by atoms with E-state index in [0.717, 1.165) is 33.5 Å². The molecule has 0 atom stereocenters. The van der Waals surface area contributed by atoms with Crippen molar-refractivity contribution in [2.24, 2.45) is 7.05 Å². The SMILES string of the molecule is C[n+]1ccccc1-c1cc(-c2ccc(-c3ccccc3)cc2)cc(-n2c3ccccc3c3cccnc32)c1. The van der Waals surface area contributed by atoms with E-state index in [1.54, 1.807) is 0 Å². The van der Waals surface area contributed by atoms with Crippen LogP contribution in [-0.2, 0) is 7.05 Å². The Morgan fingerprint density at radius 1 is 0.553 bits per heavy atom. The van der Waals surface area contributed by atoms with Gasteiger partial charge in [-0.2, -0.15) is 0 Å². The van der Waals surface area contributed by atoms with Crippen LogP contribution in [0.1, 0.15) is 0 Å². The third kappa shape index (κ3) is 3.77. The molecule has 3 aromatic heterocycles. The van der Waals surface area contributed by atoms with Gasteiger partial charge in [-0.1, -0.05) is 72.8 Å². The van der Waals surface area contributed by atoms with Crippen molar-refractivity contribution in [3.63, 3.8) is 0 Å². The number of aromatic nitrogens is 3. The Labute approximate surface area is 221 Å². The Kier molecular flexibility index (Phi) is 5.33. The number of rotatable bonds is 4. The second-order valence-electron chi connectivity index (χ2n) is 9.64. The summed E-state index contributed by atoms with van der Waals surface area (Å²) in [7, 11) is 2.10. The Hall–Kier alpha value is -5.02. The zero-order valence-corrected chi connectivity index (χ0v) is 21.1. The fraction of sp³-hybridized carbons (Fsp3) is 0.0286. The fourth-order valence-corrected chi connectivity index (χ4v) is 5.42. The van der Waals surface area contributed by atoms with Gasteiger partial charge in [0.2, 0.25) is 5.69 Å². The molecule has 0 amide bonds. The number of pyridine rings is 2. The van der Waals surface area contributed by atoms with Crippen LogP contribution in [0.2, 0.25) is 0 Å². The Morgan fingerprint density at radius 2 is 1.21 bits per heavy atom. The van der Waals surface area contributed by atoms with Gasteiger partial charge in [0, 0.05) is 40.4 Å². The Bertz CT molecular complexity index is 1860. The van der Waals surface area contributed by atoms with Crippen LogP contribution in [-0.4, -0.2) is 9.55 Å². The van der Waals surface area contributed by atoms with Crippen molar-refractivity contribution in [2.45, 2.75) is 0 Å². The summed E-state index contributed by atoms with van der Waals surface area (Å²) in [5.74, 6) is 0. The van der Waals surface area contributed by atoms with Gasteiger partial charge in [-0.25, -0.2) is 9.55 Å². The summed E-state index contributed by atoms with van der Waals surface area (Å²) in [5, 5.41) is 2.37. The standard InChI is InChI=1S/C35H26N3/c1-37-21-8-7-14-33(37)29-22-28(27-18-16-26(17-19-27)25-10-3-2-4-11-25)23-30(24-29)38-34-15-6-5-12-31(34)32-13-9-20-36-35(32)38/h2-24H,1H3/q+1. The summed E-state index contributed by atoms with van der Waals surface area (Å²) in [5.41, 5.74) is 10.3. The van der Waals surface area contributed by atoms with Gasteiger partial charge < -0.3 is 0 Å². The van der Waals surface area contributed by atoms with Crippen LogP contribution in [0.4, 0.5) is 0 Å². The molecule has 0 radical (unpaired) electrons. The number of aryl methyl sites for hydroxylation is 1. The minimum Gasteiger partial charge on any atom is -0.294 e. The first kappa shape index (κ1) is 22.2. The monoisotopic (exact) mass is 488 g/mol. The van der Waals surface area contributed by atoms with Gasteiger partial charge in [-0.05, 0) is 64.7 Å². The maximum Gasteiger partial charge on any atom is 0.212 e. The normalized spacial score (nSPS) is 11.3. The summed E-state index contributed by atoms with van der Waals surface area (Å²) in [6, 6.07) is 45.3. The first-order valence-electron chi connectivity index (χ1n) is 12.9. The molecule has 0 aliphatic heterocycles. The molecule has 0 saturated carbocycles. The summed E-state index contributed by atoms with van der Waals surface area (Å²) < 4.78 is 4.46. The van der Waals surface area contributed by atoms with Gasteiger partial charge in [0.05, 0.1) is 5.52 Å². The van der Waals surface area contributed by atoms with Gasteiger partial charge in [-0.3, -0.25) is 4.57 Å². The number of para-hydroxylation sites is 1. The predicted octanol–water partition coefficient (Wildman–Crippen LogP) is 8.00. The van der Waals surface area contributed by atoms with Crippen LogP contribution in [0.3, 0.4) is 0 Å². The lowest BCUT2D eigenvalue weighted by atomic mass is 9.97. The van der Waals surface area contributed by atoms with Crippen LogP contribution in [0.25, 0.3) is 61.1 Å². The van der Waals surface area contributed by atoms with Gasteiger partial charge >= 0.3 is 0 Å². The lowest BCUT2D eigenvalue weighted by Crippen LogP contribution is -2.29. The van der Waals surface area contributed by atoms with Crippen molar-refractivity contribution >= 4 is 21.9 Å². The van der Waals surface area contributed by atoms with E-state index in [-0.39, 0.29) is 0 Å². The molecule has 7 rings (SSSR count). The minimum atomic E-state index is 0.966. The van der Waals surface area contributed by atoms with E-state index in [2.05, 4.69) is 144 Å². The summed E-state index contributed by atoms with van der Waals surface area (Å²) in [6.07, 6.45) is 3.97. The lowest BCUT2D eigenvalue weighted by Gasteiger charge is -2.13. The summed E-state index contributed by atoms with van der Waals surface area (Å²) in [4.78, 5) is 4.82. The molecule has 0 aliphatic carbocycles. The van der Waals surface area contributed by atoms with Crippen LogP contribution < -0.4 is 4.57 Å². The molecule has 0 N–H and O–H groups in total. The molecule has 3 heteroatoms. The van der Waals surface area contributed by atoms with E-state index < -0.39 is 0 Å². The molecule has 180 valence electrons. The molecule has 0 aliphatic rings. The van der Waals surface area contributed by atoms with Crippen LogP contribution in [0.5, 0.6) is 0 Å². The second kappa shape index (κ2) is 9.13. The van der Waals surface area contributed by atoms with Gasteiger partial charge in [0.25, 0.3) is 0 Å². The molecule has 38 heavy (non-hydrogen) atoms. The molecule has 3 nitrogen and oxygen atoms in total. The maximum absolute atomic E-state index is 4.82. The van der Waals surface area contributed by atoms with E-state index in [1.807, 2.05) is 12.3 Å². The van der Waals surface area contributed by atoms with Crippen molar-refractivity contribution < 1.29 is 4.57 Å². The smallest absolute Gasteiger partial charge is 0.212 e. The highest BCUT2D eigenvalue weighted by atomic mass is 15.0. The quantitative estimate of drug-likeness (QED) is 0.230. The molecule has 0 unspecified atom stereocenters. The predicted molar refractivity (Wildman–Crippen MR) is 156 cm³/mol. The van der Waals surface area contributed by atoms with Crippen LogP contribution >= 0.6 is 0 Å². The molecular formula is C35H26N3+.